The van der Waals surface area contributed by atoms with Gasteiger partial charge in [0.15, 0.2) is 24.1 Å². The van der Waals surface area contributed by atoms with Gasteiger partial charge in [0.2, 0.25) is 5.88 Å². The Kier molecular flexibility index (Phi) is 5.47. The van der Waals surface area contributed by atoms with Gasteiger partial charge in [-0.3, -0.25) is 4.79 Å². The van der Waals surface area contributed by atoms with Crippen molar-refractivity contribution in [3.05, 3.63) is 47.2 Å². The molecule has 24 heavy (non-hydrogen) atoms. The maximum atomic E-state index is 12.6. The summed E-state index contributed by atoms with van der Waals surface area (Å²) in [5.74, 6) is -1.76. The lowest BCUT2D eigenvalue weighted by Crippen LogP contribution is -2.16. The molecule has 0 aromatic carbocycles. The first kappa shape index (κ1) is 17.4. The number of carbonyl (C=O) groups excluding carboxylic acids is 1. The first-order valence-corrected chi connectivity index (χ1v) is 7.03. The summed E-state index contributed by atoms with van der Waals surface area (Å²) in [6.45, 7) is 2.64. The molecule has 2 aromatic rings. The van der Waals surface area contributed by atoms with Crippen molar-refractivity contribution in [3.8, 4) is 11.9 Å². The third-order valence-electron chi connectivity index (χ3n) is 3.03. The third-order valence-corrected chi connectivity index (χ3v) is 3.03. The molecule has 0 spiro atoms. The second kappa shape index (κ2) is 7.55. The Labute approximate surface area is 137 Å². The molecule has 0 amide bonds. The molecule has 0 radical (unpaired) electrons. The molecule has 8 heteroatoms. The molecule has 0 aliphatic carbocycles. The first-order chi connectivity index (χ1) is 11.4. The van der Waals surface area contributed by atoms with Gasteiger partial charge in [0.25, 0.3) is 6.43 Å². The van der Waals surface area contributed by atoms with E-state index in [0.717, 1.165) is 0 Å². The highest BCUT2D eigenvalue weighted by Gasteiger charge is 2.25. The Balaban J connectivity index is 2.28. The van der Waals surface area contributed by atoms with E-state index in [1.807, 2.05) is 6.07 Å². The zero-order chi connectivity index (χ0) is 17.7. The molecule has 0 N–H and O–H groups in total. The van der Waals surface area contributed by atoms with Gasteiger partial charge in [0, 0.05) is 29.2 Å². The van der Waals surface area contributed by atoms with Crippen molar-refractivity contribution < 1.29 is 18.3 Å². The van der Waals surface area contributed by atoms with Crippen LogP contribution in [0.2, 0.25) is 0 Å². The van der Waals surface area contributed by atoms with Crippen molar-refractivity contribution in [3.63, 3.8) is 0 Å². The molecule has 1 atom stereocenters. The summed E-state index contributed by atoms with van der Waals surface area (Å²) < 4.78 is 29.1. The van der Waals surface area contributed by atoms with Gasteiger partial charge in [-0.1, -0.05) is 0 Å². The van der Waals surface area contributed by atoms with E-state index >= 15 is 0 Å². The van der Waals surface area contributed by atoms with E-state index in [1.54, 1.807) is 19.9 Å². The molecule has 0 unspecified atom stereocenters. The molecule has 6 nitrogen and oxygen atoms in total. The molecule has 0 saturated heterocycles. The fraction of sp³-hybridized carbons (Fsp3) is 0.312. The van der Waals surface area contributed by atoms with Crippen molar-refractivity contribution in [2.24, 2.45) is 0 Å². The topological polar surface area (TPSA) is 88.8 Å². The predicted molar refractivity (Wildman–Crippen MR) is 79.9 cm³/mol. The van der Waals surface area contributed by atoms with Crippen LogP contribution in [0, 0.1) is 25.2 Å². The maximum absolute atomic E-state index is 12.6. The van der Waals surface area contributed by atoms with Crippen LogP contribution in [0.15, 0.2) is 24.4 Å². The van der Waals surface area contributed by atoms with Gasteiger partial charge in [-0.25, -0.2) is 23.7 Å². The van der Waals surface area contributed by atoms with Gasteiger partial charge in [-0.2, -0.15) is 5.26 Å². The van der Waals surface area contributed by atoms with Crippen molar-refractivity contribution in [1.82, 2.24) is 15.0 Å². The fourth-order valence-electron chi connectivity index (χ4n) is 2.07. The number of carbonyl (C=O) groups is 1. The lowest BCUT2D eigenvalue weighted by Gasteiger charge is -2.10. The molecule has 0 aliphatic rings. The SMILES string of the molecule is Cc1cc(C)nc([C@H](C#N)C(=O)c2ccnc(OCC(F)F)c2)n1. The average molecular weight is 332 g/mol. The number of hydrogen-bond donors (Lipinski definition) is 0. The number of ether oxygens (including phenoxy) is 1. The summed E-state index contributed by atoms with van der Waals surface area (Å²) in [6.07, 6.45) is -1.40. The number of halogens is 2. The molecule has 0 saturated carbocycles. The van der Waals surface area contributed by atoms with E-state index in [9.17, 15) is 18.8 Å². The quantitative estimate of drug-likeness (QED) is 0.756. The summed E-state index contributed by atoms with van der Waals surface area (Å²) in [5.41, 5.74) is 1.39. The summed E-state index contributed by atoms with van der Waals surface area (Å²) >= 11 is 0. The number of rotatable bonds is 6. The number of aromatic nitrogens is 3. The molecular formula is C16H14F2N4O2. The molecule has 2 aromatic heterocycles. The molecule has 0 bridgehead atoms. The number of nitriles is 1. The normalized spacial score (nSPS) is 11.8. The lowest BCUT2D eigenvalue weighted by molar-refractivity contribution is 0.0795. The van der Waals surface area contributed by atoms with E-state index < -0.39 is 24.7 Å². The Morgan fingerprint density at radius 3 is 2.54 bits per heavy atom. The average Bonchev–Trinajstić information content (AvgIpc) is 2.53. The van der Waals surface area contributed by atoms with E-state index in [2.05, 4.69) is 15.0 Å². The summed E-state index contributed by atoms with van der Waals surface area (Å²) in [4.78, 5) is 24.6. The summed E-state index contributed by atoms with van der Waals surface area (Å²) in [7, 11) is 0. The smallest absolute Gasteiger partial charge is 0.272 e. The Morgan fingerprint density at radius 2 is 1.96 bits per heavy atom. The van der Waals surface area contributed by atoms with Crippen LogP contribution in [0.1, 0.15) is 33.5 Å². The highest BCUT2D eigenvalue weighted by molar-refractivity contribution is 6.02. The van der Waals surface area contributed by atoms with Crippen molar-refractivity contribution in [2.75, 3.05) is 6.61 Å². The Hall–Kier alpha value is -2.95. The summed E-state index contributed by atoms with van der Waals surface area (Å²) in [6, 6.07) is 6.21. The zero-order valence-electron chi connectivity index (χ0n) is 13.0. The Morgan fingerprint density at radius 1 is 1.29 bits per heavy atom. The number of aryl methyl sites for hydroxylation is 2. The number of nitrogens with zero attached hydrogens (tertiary/aromatic N) is 4. The van der Waals surface area contributed by atoms with Crippen LogP contribution in [0.5, 0.6) is 5.88 Å². The van der Waals surface area contributed by atoms with Crippen LogP contribution in [0.4, 0.5) is 8.78 Å². The number of ketones is 1. The number of Topliss-reactive ketones (excluding diaryl/α,β-unsaturated/α-hetero) is 1. The van der Waals surface area contributed by atoms with E-state index in [1.165, 1.54) is 18.3 Å². The van der Waals surface area contributed by atoms with Crippen LogP contribution < -0.4 is 4.74 Å². The van der Waals surface area contributed by atoms with Gasteiger partial charge >= 0.3 is 0 Å². The highest BCUT2D eigenvalue weighted by Crippen LogP contribution is 2.20. The number of pyridine rings is 1. The minimum absolute atomic E-state index is 0.104. The minimum Gasteiger partial charge on any atom is -0.472 e. The van der Waals surface area contributed by atoms with E-state index in [4.69, 9.17) is 4.74 Å². The zero-order valence-corrected chi connectivity index (χ0v) is 13.0. The van der Waals surface area contributed by atoms with E-state index in [0.29, 0.717) is 11.4 Å². The van der Waals surface area contributed by atoms with Gasteiger partial charge < -0.3 is 4.74 Å². The lowest BCUT2D eigenvalue weighted by atomic mass is 9.98. The highest BCUT2D eigenvalue weighted by atomic mass is 19.3. The van der Waals surface area contributed by atoms with Gasteiger partial charge in [0.1, 0.15) is 0 Å². The molecule has 0 fully saturated rings. The fourth-order valence-corrected chi connectivity index (χ4v) is 2.07. The minimum atomic E-state index is -2.65. The van der Waals surface area contributed by atoms with Gasteiger partial charge in [-0.05, 0) is 26.0 Å². The standard InChI is InChI=1S/C16H14F2N4O2/c1-9-5-10(2)22-16(21-9)12(7-19)15(23)11-3-4-20-14(6-11)24-8-13(17)18/h3-6,12-13H,8H2,1-2H3/t12-/m1/s1. The number of alkyl halides is 2. The van der Waals surface area contributed by atoms with Crippen molar-refractivity contribution in [1.29, 1.82) is 5.26 Å². The third kappa shape index (κ3) is 4.29. The molecular weight excluding hydrogens is 318 g/mol. The molecule has 0 aliphatic heterocycles. The van der Waals surface area contributed by atoms with Crippen molar-refractivity contribution in [2.45, 2.75) is 26.2 Å². The monoisotopic (exact) mass is 332 g/mol. The maximum Gasteiger partial charge on any atom is 0.272 e. The predicted octanol–water partition coefficient (Wildman–Crippen LogP) is 2.62. The van der Waals surface area contributed by atoms with Crippen LogP contribution in [-0.4, -0.2) is 33.8 Å². The number of hydrogen-bond acceptors (Lipinski definition) is 6. The van der Waals surface area contributed by atoms with Gasteiger partial charge in [0.05, 0.1) is 6.07 Å². The summed E-state index contributed by atoms with van der Waals surface area (Å²) in [5, 5.41) is 9.34. The van der Waals surface area contributed by atoms with E-state index in [-0.39, 0.29) is 17.3 Å². The van der Waals surface area contributed by atoms with Crippen LogP contribution in [0.25, 0.3) is 0 Å². The Bertz CT molecular complexity index is 770. The first-order valence-electron chi connectivity index (χ1n) is 7.03. The largest absolute Gasteiger partial charge is 0.472 e. The van der Waals surface area contributed by atoms with Gasteiger partial charge in [-0.15, -0.1) is 0 Å². The second-order valence-corrected chi connectivity index (χ2v) is 5.02. The van der Waals surface area contributed by atoms with Crippen LogP contribution in [0.3, 0.4) is 0 Å². The van der Waals surface area contributed by atoms with Crippen LogP contribution >= 0.6 is 0 Å². The second-order valence-electron chi connectivity index (χ2n) is 5.02. The molecule has 2 rings (SSSR count). The molecule has 124 valence electrons. The molecule has 2 heterocycles. The van der Waals surface area contributed by atoms with Crippen molar-refractivity contribution >= 4 is 5.78 Å². The van der Waals surface area contributed by atoms with Crippen LogP contribution in [-0.2, 0) is 0 Å².